The van der Waals surface area contributed by atoms with Gasteiger partial charge in [0.25, 0.3) is 0 Å². The highest BCUT2D eigenvalue weighted by Gasteiger charge is 2.01. The van der Waals surface area contributed by atoms with E-state index in [1.807, 2.05) is 32.0 Å². The number of aliphatic hydroxyl groups is 1. The van der Waals surface area contributed by atoms with Crippen molar-refractivity contribution in [3.63, 3.8) is 0 Å². The van der Waals surface area contributed by atoms with Crippen molar-refractivity contribution in [3.8, 4) is 0 Å². The van der Waals surface area contributed by atoms with Crippen LogP contribution in [0.3, 0.4) is 0 Å². The largest absolute Gasteiger partial charge is 0.508 e. The van der Waals surface area contributed by atoms with Crippen LogP contribution in [0.2, 0.25) is 0 Å². The molecule has 0 aliphatic rings. The van der Waals surface area contributed by atoms with E-state index in [1.165, 1.54) is 5.56 Å². The molecule has 1 N–H and O–H groups in total. The third-order valence-corrected chi connectivity index (χ3v) is 1.92. The summed E-state index contributed by atoms with van der Waals surface area (Å²) in [4.78, 5) is 0. The zero-order valence-corrected chi connectivity index (χ0v) is 6.89. The van der Waals surface area contributed by atoms with Gasteiger partial charge in [-0.05, 0) is 25.0 Å². The van der Waals surface area contributed by atoms with Crippen molar-refractivity contribution < 1.29 is 5.11 Å². The van der Waals surface area contributed by atoms with E-state index >= 15 is 0 Å². The summed E-state index contributed by atoms with van der Waals surface area (Å²) in [7, 11) is 0. The Labute approximate surface area is 67.0 Å². The van der Waals surface area contributed by atoms with Crippen LogP contribution in [0, 0.1) is 13.8 Å². The Kier molecular flexibility index (Phi) is 1.99. The van der Waals surface area contributed by atoms with E-state index < -0.39 is 0 Å². The molecule has 0 radical (unpaired) electrons. The Morgan fingerprint density at radius 2 is 2.00 bits per heavy atom. The number of aliphatic hydroxyl groups excluding tert-OH is 1. The molecule has 1 heteroatoms. The Balaban J connectivity index is 3.27. The summed E-state index contributed by atoms with van der Waals surface area (Å²) in [6.45, 7) is 7.48. The first kappa shape index (κ1) is 7.86. The van der Waals surface area contributed by atoms with Crippen molar-refractivity contribution in [2.24, 2.45) is 0 Å². The van der Waals surface area contributed by atoms with Gasteiger partial charge in [0.2, 0.25) is 0 Å². The lowest BCUT2D eigenvalue weighted by atomic mass is 10.0. The van der Waals surface area contributed by atoms with Crippen LogP contribution >= 0.6 is 0 Å². The Hall–Kier alpha value is -1.24. The Bertz CT molecular complexity index is 287. The molecular formula is C10H12O. The quantitative estimate of drug-likeness (QED) is 0.607. The normalized spacial score (nSPS) is 9.64. The van der Waals surface area contributed by atoms with Crippen LogP contribution in [0.4, 0.5) is 0 Å². The predicted molar refractivity (Wildman–Crippen MR) is 47.6 cm³/mol. The molecule has 0 fully saturated rings. The SMILES string of the molecule is C=C(O)c1cccc(C)c1C. The van der Waals surface area contributed by atoms with Gasteiger partial charge >= 0.3 is 0 Å². The first-order valence-electron chi connectivity index (χ1n) is 3.57. The molecule has 0 saturated carbocycles. The molecule has 58 valence electrons. The number of hydrogen-bond acceptors (Lipinski definition) is 1. The summed E-state index contributed by atoms with van der Waals surface area (Å²) in [5.74, 6) is 0.145. The molecule has 0 aromatic heterocycles. The molecule has 0 atom stereocenters. The van der Waals surface area contributed by atoms with Crippen LogP contribution in [0.15, 0.2) is 24.8 Å². The molecule has 0 spiro atoms. The Morgan fingerprint density at radius 1 is 1.36 bits per heavy atom. The lowest BCUT2D eigenvalue weighted by Gasteiger charge is -2.05. The lowest BCUT2D eigenvalue weighted by Crippen LogP contribution is -1.88. The summed E-state index contributed by atoms with van der Waals surface area (Å²) in [6, 6.07) is 5.80. The van der Waals surface area contributed by atoms with Gasteiger partial charge in [0.05, 0.1) is 0 Å². The fraction of sp³-hybridized carbons (Fsp3) is 0.200. The van der Waals surface area contributed by atoms with E-state index in [0.29, 0.717) is 0 Å². The predicted octanol–water partition coefficient (Wildman–Crippen LogP) is 2.83. The van der Waals surface area contributed by atoms with Gasteiger partial charge in [0, 0.05) is 5.56 Å². The molecule has 1 nitrogen and oxygen atoms in total. The van der Waals surface area contributed by atoms with E-state index in [2.05, 4.69) is 6.58 Å². The third-order valence-electron chi connectivity index (χ3n) is 1.92. The molecule has 1 rings (SSSR count). The van der Waals surface area contributed by atoms with Gasteiger partial charge in [-0.3, -0.25) is 0 Å². The highest BCUT2D eigenvalue weighted by Crippen LogP contribution is 2.17. The average Bonchev–Trinajstić information content (AvgIpc) is 1.94. The monoisotopic (exact) mass is 148 g/mol. The maximum absolute atomic E-state index is 9.13. The second kappa shape index (κ2) is 2.79. The van der Waals surface area contributed by atoms with Crippen molar-refractivity contribution in [2.45, 2.75) is 13.8 Å². The van der Waals surface area contributed by atoms with Gasteiger partial charge in [0.1, 0.15) is 5.76 Å². The first-order chi connectivity index (χ1) is 5.13. The molecule has 0 amide bonds. The molecule has 0 unspecified atom stereocenters. The zero-order chi connectivity index (χ0) is 8.43. The van der Waals surface area contributed by atoms with Gasteiger partial charge < -0.3 is 5.11 Å². The molecule has 0 aliphatic carbocycles. The van der Waals surface area contributed by atoms with Gasteiger partial charge in [-0.1, -0.05) is 24.8 Å². The first-order valence-corrected chi connectivity index (χ1v) is 3.57. The van der Waals surface area contributed by atoms with Gasteiger partial charge in [-0.25, -0.2) is 0 Å². The summed E-state index contributed by atoms with van der Waals surface area (Å²) in [6.07, 6.45) is 0. The van der Waals surface area contributed by atoms with Crippen molar-refractivity contribution in [2.75, 3.05) is 0 Å². The zero-order valence-electron chi connectivity index (χ0n) is 6.89. The maximum atomic E-state index is 9.13. The van der Waals surface area contributed by atoms with Crippen LogP contribution < -0.4 is 0 Å². The minimum atomic E-state index is 0.145. The standard InChI is InChI=1S/C10H12O/c1-7-5-4-6-10(8(7)2)9(3)11/h4-6,11H,3H2,1-2H3. The van der Waals surface area contributed by atoms with Gasteiger partial charge in [-0.15, -0.1) is 0 Å². The van der Waals surface area contributed by atoms with E-state index in [-0.39, 0.29) is 5.76 Å². The fourth-order valence-corrected chi connectivity index (χ4v) is 1.06. The number of benzene rings is 1. The molecular weight excluding hydrogens is 136 g/mol. The number of rotatable bonds is 1. The van der Waals surface area contributed by atoms with Crippen LogP contribution in [0.25, 0.3) is 5.76 Å². The van der Waals surface area contributed by atoms with Crippen LogP contribution in [-0.4, -0.2) is 5.11 Å². The highest BCUT2D eigenvalue weighted by atomic mass is 16.3. The van der Waals surface area contributed by atoms with E-state index in [0.717, 1.165) is 11.1 Å². The number of aryl methyl sites for hydroxylation is 1. The fourth-order valence-electron chi connectivity index (χ4n) is 1.06. The topological polar surface area (TPSA) is 20.2 Å². The lowest BCUT2D eigenvalue weighted by molar-refractivity contribution is 0.513. The van der Waals surface area contributed by atoms with Gasteiger partial charge in [0.15, 0.2) is 0 Å². The van der Waals surface area contributed by atoms with Crippen LogP contribution in [0.5, 0.6) is 0 Å². The summed E-state index contributed by atoms with van der Waals surface area (Å²) in [5.41, 5.74) is 3.11. The summed E-state index contributed by atoms with van der Waals surface area (Å²) >= 11 is 0. The minimum Gasteiger partial charge on any atom is -0.508 e. The molecule has 0 heterocycles. The van der Waals surface area contributed by atoms with Crippen molar-refractivity contribution in [1.82, 2.24) is 0 Å². The molecule has 0 aliphatic heterocycles. The minimum absolute atomic E-state index is 0.145. The highest BCUT2D eigenvalue weighted by molar-refractivity contribution is 5.60. The van der Waals surface area contributed by atoms with Crippen LogP contribution in [0.1, 0.15) is 16.7 Å². The van der Waals surface area contributed by atoms with Crippen LogP contribution in [-0.2, 0) is 0 Å². The van der Waals surface area contributed by atoms with E-state index in [9.17, 15) is 0 Å². The molecule has 1 aromatic carbocycles. The Morgan fingerprint density at radius 3 is 2.45 bits per heavy atom. The summed E-state index contributed by atoms with van der Waals surface area (Å²) in [5, 5.41) is 9.13. The van der Waals surface area contributed by atoms with E-state index in [4.69, 9.17) is 5.11 Å². The molecule has 0 bridgehead atoms. The third kappa shape index (κ3) is 1.43. The molecule has 11 heavy (non-hydrogen) atoms. The number of hydrogen-bond donors (Lipinski definition) is 1. The van der Waals surface area contributed by atoms with Crippen molar-refractivity contribution >= 4 is 5.76 Å². The maximum Gasteiger partial charge on any atom is 0.115 e. The average molecular weight is 148 g/mol. The smallest absolute Gasteiger partial charge is 0.115 e. The second-order valence-corrected chi connectivity index (χ2v) is 2.69. The molecule has 1 aromatic rings. The second-order valence-electron chi connectivity index (χ2n) is 2.69. The summed E-state index contributed by atoms with van der Waals surface area (Å²) < 4.78 is 0. The van der Waals surface area contributed by atoms with Crippen molar-refractivity contribution in [1.29, 1.82) is 0 Å². The van der Waals surface area contributed by atoms with Gasteiger partial charge in [-0.2, -0.15) is 0 Å². The van der Waals surface area contributed by atoms with Crippen molar-refractivity contribution in [3.05, 3.63) is 41.5 Å². The van der Waals surface area contributed by atoms with E-state index in [1.54, 1.807) is 0 Å². The molecule has 0 saturated heterocycles.